The first kappa shape index (κ1) is 23.4. The van der Waals surface area contributed by atoms with Gasteiger partial charge >= 0.3 is 0 Å². The van der Waals surface area contributed by atoms with Crippen molar-refractivity contribution in [3.05, 3.63) is 54.9 Å². The molecule has 1 aromatic carbocycles. The van der Waals surface area contributed by atoms with Crippen molar-refractivity contribution in [1.82, 2.24) is 19.1 Å². The molecular weight excluding hydrogens is 491 g/mol. The minimum absolute atomic E-state index is 0.0234. The van der Waals surface area contributed by atoms with Crippen molar-refractivity contribution in [2.45, 2.75) is 4.90 Å². The molecule has 9 nitrogen and oxygen atoms in total. The summed E-state index contributed by atoms with van der Waals surface area (Å²) < 4.78 is 47.4. The average Bonchev–Trinajstić information content (AvgIpc) is 3.54. The summed E-state index contributed by atoms with van der Waals surface area (Å²) in [6, 6.07) is 7.01. The number of aromatic nitrogens is 4. The first-order chi connectivity index (χ1) is 17.0. The van der Waals surface area contributed by atoms with Gasteiger partial charge in [0.05, 0.1) is 42.8 Å². The van der Waals surface area contributed by atoms with Crippen LogP contribution in [0.25, 0.3) is 22.4 Å². The Morgan fingerprint density at radius 2 is 1.91 bits per heavy atom. The highest BCUT2D eigenvalue weighted by Crippen LogP contribution is 2.36. The summed E-state index contributed by atoms with van der Waals surface area (Å²) in [5.41, 5.74) is 3.14. The van der Waals surface area contributed by atoms with Gasteiger partial charge in [-0.1, -0.05) is 0 Å². The zero-order valence-corrected chi connectivity index (χ0v) is 20.7. The highest BCUT2D eigenvalue weighted by Gasteiger charge is 2.18. The van der Waals surface area contributed by atoms with Crippen LogP contribution in [0.5, 0.6) is 5.75 Å². The Hall–Kier alpha value is -3.35. The van der Waals surface area contributed by atoms with Crippen molar-refractivity contribution in [1.29, 1.82) is 0 Å². The summed E-state index contributed by atoms with van der Waals surface area (Å²) in [4.78, 5) is 7.07. The van der Waals surface area contributed by atoms with Crippen LogP contribution in [0.15, 0.2) is 53.9 Å². The summed E-state index contributed by atoms with van der Waals surface area (Å²) in [5.74, 6) is -0.603. The molecule has 4 aromatic rings. The zero-order chi connectivity index (χ0) is 24.4. The quantitative estimate of drug-likeness (QED) is 0.402. The molecule has 0 aliphatic carbocycles. The third kappa shape index (κ3) is 5.04. The fraction of sp³-hybridized carbons (Fsp3) is 0.261. The number of anilines is 2. The predicted molar refractivity (Wildman–Crippen MR) is 134 cm³/mol. The number of hydrogen-bond acceptors (Lipinski definition) is 8. The van der Waals surface area contributed by atoms with Gasteiger partial charge in [0.15, 0.2) is 22.6 Å². The van der Waals surface area contributed by atoms with Gasteiger partial charge in [0.1, 0.15) is 5.00 Å². The third-order valence-electron chi connectivity index (χ3n) is 5.53. The summed E-state index contributed by atoms with van der Waals surface area (Å²) in [5, 5.41) is 5.11. The van der Waals surface area contributed by atoms with E-state index in [2.05, 4.69) is 24.1 Å². The fourth-order valence-electron chi connectivity index (χ4n) is 3.77. The van der Waals surface area contributed by atoms with E-state index < -0.39 is 16.8 Å². The van der Waals surface area contributed by atoms with Gasteiger partial charge in [-0.2, -0.15) is 9.47 Å². The summed E-state index contributed by atoms with van der Waals surface area (Å²) in [6.45, 7) is 3.08. The minimum atomic E-state index is -1.65. The number of methoxy groups -OCH3 is 1. The van der Waals surface area contributed by atoms with Crippen molar-refractivity contribution in [2.24, 2.45) is 7.05 Å². The second-order valence-corrected chi connectivity index (χ2v) is 9.87. The lowest BCUT2D eigenvalue weighted by molar-refractivity contribution is 0.123. The van der Waals surface area contributed by atoms with E-state index in [4.69, 9.17) is 9.47 Å². The number of nitrogens with zero attached hydrogens (tertiary/aromatic N) is 5. The number of rotatable bonds is 7. The smallest absolute Gasteiger partial charge is 0.178 e. The van der Waals surface area contributed by atoms with E-state index in [-0.39, 0.29) is 11.4 Å². The number of hydrogen-bond donors (Lipinski definition) is 1. The monoisotopic (exact) mass is 514 g/mol. The van der Waals surface area contributed by atoms with E-state index in [1.165, 1.54) is 30.9 Å². The lowest BCUT2D eigenvalue weighted by Crippen LogP contribution is -2.35. The van der Waals surface area contributed by atoms with Crippen molar-refractivity contribution in [3.8, 4) is 28.1 Å². The molecule has 1 aliphatic heterocycles. The van der Waals surface area contributed by atoms with Gasteiger partial charge < -0.3 is 14.4 Å². The predicted octanol–water partition coefficient (Wildman–Crippen LogP) is 3.72. The Balaban J connectivity index is 1.44. The first-order valence-electron chi connectivity index (χ1n) is 10.8. The first-order valence-corrected chi connectivity index (χ1v) is 12.7. The number of halogens is 1. The Morgan fingerprint density at radius 3 is 2.66 bits per heavy atom. The molecule has 0 radical (unpaired) electrons. The lowest BCUT2D eigenvalue weighted by atomic mass is 10.0. The van der Waals surface area contributed by atoms with Gasteiger partial charge in [-0.3, -0.25) is 14.4 Å². The Morgan fingerprint density at radius 1 is 1.11 bits per heavy atom. The van der Waals surface area contributed by atoms with Crippen LogP contribution in [0, 0.1) is 5.82 Å². The maximum Gasteiger partial charge on any atom is 0.178 e. The highest BCUT2D eigenvalue weighted by molar-refractivity contribution is 7.86. The Labute approximate surface area is 208 Å². The standard InChI is InChI=1S/C23H23FN6O3S2/c1-29-14-18(13-26-29)35(31)28-21-9-15(8-19(24)23(21)32-2)16-7-17(12-25-11-16)20-10-22(34-27-20)30-3-5-33-6-4-30/h7-14,28H,3-6H2,1-2H3. The Kier molecular flexibility index (Phi) is 6.75. The second-order valence-electron chi connectivity index (χ2n) is 7.87. The molecule has 0 saturated carbocycles. The van der Waals surface area contributed by atoms with Crippen LogP contribution < -0.4 is 14.4 Å². The molecule has 0 bridgehead atoms. The number of aryl methyl sites for hydroxylation is 1. The molecule has 12 heteroatoms. The van der Waals surface area contributed by atoms with Crippen LogP contribution in [0.2, 0.25) is 0 Å². The topological polar surface area (TPSA) is 94.4 Å². The van der Waals surface area contributed by atoms with Crippen LogP contribution in [0.1, 0.15) is 0 Å². The largest absolute Gasteiger partial charge is 0.492 e. The molecule has 182 valence electrons. The summed E-state index contributed by atoms with van der Waals surface area (Å²) >= 11 is 1.43. The summed E-state index contributed by atoms with van der Waals surface area (Å²) in [6.07, 6.45) is 6.50. The van der Waals surface area contributed by atoms with Crippen LogP contribution in [0.4, 0.5) is 15.1 Å². The third-order valence-corrected chi connectivity index (χ3v) is 7.43. The van der Waals surface area contributed by atoms with E-state index >= 15 is 0 Å². The second kappa shape index (κ2) is 10.1. The van der Waals surface area contributed by atoms with E-state index in [1.807, 2.05) is 12.1 Å². The normalized spacial score (nSPS) is 14.7. The zero-order valence-electron chi connectivity index (χ0n) is 19.1. The van der Waals surface area contributed by atoms with Crippen LogP contribution in [-0.4, -0.2) is 56.8 Å². The molecule has 1 saturated heterocycles. The molecule has 5 rings (SSSR count). The highest BCUT2D eigenvalue weighted by atomic mass is 32.2. The van der Waals surface area contributed by atoms with Crippen LogP contribution >= 0.6 is 11.5 Å². The van der Waals surface area contributed by atoms with Crippen molar-refractivity contribution in [3.63, 3.8) is 0 Å². The molecule has 1 atom stereocenters. The van der Waals surface area contributed by atoms with Crippen LogP contribution in [-0.2, 0) is 22.8 Å². The van der Waals surface area contributed by atoms with Gasteiger partial charge in [-0.05, 0) is 35.3 Å². The van der Waals surface area contributed by atoms with E-state index in [9.17, 15) is 8.60 Å². The Bertz CT molecular complexity index is 1370. The summed E-state index contributed by atoms with van der Waals surface area (Å²) in [7, 11) is 1.45. The van der Waals surface area contributed by atoms with Crippen LogP contribution in [0.3, 0.4) is 0 Å². The average molecular weight is 515 g/mol. The van der Waals surface area contributed by atoms with E-state index in [1.54, 1.807) is 36.4 Å². The molecule has 1 N–H and O–H groups in total. The number of pyridine rings is 1. The molecule has 35 heavy (non-hydrogen) atoms. The molecule has 1 aliphatic rings. The van der Waals surface area contributed by atoms with Crippen molar-refractivity contribution >= 4 is 33.2 Å². The van der Waals surface area contributed by atoms with Gasteiger partial charge in [0.25, 0.3) is 0 Å². The molecular formula is C23H23FN6O3S2. The minimum Gasteiger partial charge on any atom is -0.492 e. The van der Waals surface area contributed by atoms with E-state index in [0.29, 0.717) is 29.2 Å². The van der Waals surface area contributed by atoms with Crippen molar-refractivity contribution in [2.75, 3.05) is 43.0 Å². The number of benzene rings is 1. The number of morpholine rings is 1. The fourth-order valence-corrected chi connectivity index (χ4v) is 5.44. The van der Waals surface area contributed by atoms with Gasteiger partial charge in [-0.15, -0.1) is 0 Å². The maximum absolute atomic E-state index is 15.0. The van der Waals surface area contributed by atoms with Gasteiger partial charge in [0, 0.05) is 55.9 Å². The number of nitrogens with one attached hydrogen (secondary N) is 1. The lowest BCUT2D eigenvalue weighted by Gasteiger charge is -2.26. The van der Waals surface area contributed by atoms with Gasteiger partial charge in [0.2, 0.25) is 0 Å². The van der Waals surface area contributed by atoms with Gasteiger partial charge in [-0.25, -0.2) is 8.60 Å². The number of ether oxygens (including phenoxy) is 2. The molecule has 1 fully saturated rings. The molecule has 1 unspecified atom stereocenters. The van der Waals surface area contributed by atoms with E-state index in [0.717, 1.165) is 29.3 Å². The molecule has 0 amide bonds. The molecule has 3 aromatic heterocycles. The maximum atomic E-state index is 15.0. The van der Waals surface area contributed by atoms with Crippen molar-refractivity contribution < 1.29 is 18.1 Å². The molecule has 4 heterocycles. The molecule has 0 spiro atoms. The SMILES string of the molecule is COc1c(F)cc(-c2cncc(-c3cc(N4CCOCC4)sn3)c2)cc1NS(=O)c1cnn(C)c1.